The number of halogens is 2. The van der Waals surface area contributed by atoms with Gasteiger partial charge in [0.2, 0.25) is 0 Å². The first-order chi connectivity index (χ1) is 8.13. The number of hydrogen-bond acceptors (Lipinski definition) is 3. The Labute approximate surface area is 114 Å². The topological polar surface area (TPSA) is 38.3 Å². The lowest BCUT2D eigenvalue weighted by Crippen LogP contribution is -2.02. The first kappa shape index (κ1) is 14.1. The highest BCUT2D eigenvalue weighted by Crippen LogP contribution is 2.25. The van der Waals surface area contributed by atoms with E-state index in [-0.39, 0.29) is 5.97 Å². The zero-order chi connectivity index (χ0) is 12.7. The SMILES string of the molecule is CCOC(=O)/C=C/CNc1ccc(Br)cc1Cl. The van der Waals surface area contributed by atoms with Crippen LogP contribution in [0, 0.1) is 0 Å². The number of nitrogens with one attached hydrogen (secondary N) is 1. The van der Waals surface area contributed by atoms with Gasteiger partial charge in [0, 0.05) is 17.1 Å². The number of ether oxygens (including phenoxy) is 1. The molecular formula is C12H13BrClNO2. The molecule has 0 saturated heterocycles. The number of benzene rings is 1. The lowest BCUT2D eigenvalue weighted by Gasteiger charge is -2.05. The Hall–Kier alpha value is -1.000. The predicted molar refractivity (Wildman–Crippen MR) is 73.4 cm³/mol. The van der Waals surface area contributed by atoms with Crippen LogP contribution < -0.4 is 5.32 Å². The molecule has 0 aliphatic heterocycles. The maximum atomic E-state index is 11.0. The smallest absolute Gasteiger partial charge is 0.330 e. The molecule has 0 radical (unpaired) electrons. The molecule has 92 valence electrons. The number of esters is 1. The molecule has 0 atom stereocenters. The van der Waals surface area contributed by atoms with E-state index in [4.69, 9.17) is 16.3 Å². The van der Waals surface area contributed by atoms with Crippen molar-refractivity contribution in [3.8, 4) is 0 Å². The lowest BCUT2D eigenvalue weighted by molar-refractivity contribution is -0.137. The van der Waals surface area contributed by atoms with Crippen LogP contribution in [0.25, 0.3) is 0 Å². The number of hydrogen-bond donors (Lipinski definition) is 1. The van der Waals surface area contributed by atoms with Crippen LogP contribution in [0.5, 0.6) is 0 Å². The van der Waals surface area contributed by atoms with Gasteiger partial charge in [-0.15, -0.1) is 0 Å². The van der Waals surface area contributed by atoms with E-state index in [1.54, 1.807) is 19.1 Å². The molecule has 0 aliphatic carbocycles. The summed E-state index contributed by atoms with van der Waals surface area (Å²) in [5.74, 6) is -0.337. The van der Waals surface area contributed by atoms with Crippen molar-refractivity contribution in [2.24, 2.45) is 0 Å². The molecule has 0 fully saturated rings. The van der Waals surface area contributed by atoms with Crippen LogP contribution >= 0.6 is 27.5 Å². The van der Waals surface area contributed by atoms with Gasteiger partial charge in [-0.25, -0.2) is 4.79 Å². The zero-order valence-corrected chi connectivity index (χ0v) is 11.7. The van der Waals surface area contributed by atoms with Gasteiger partial charge >= 0.3 is 5.97 Å². The molecule has 0 bridgehead atoms. The molecule has 0 unspecified atom stereocenters. The number of rotatable bonds is 5. The van der Waals surface area contributed by atoms with Gasteiger partial charge in [-0.2, -0.15) is 0 Å². The number of carbonyl (C=O) groups excluding carboxylic acids is 1. The molecule has 0 spiro atoms. The van der Waals surface area contributed by atoms with E-state index >= 15 is 0 Å². The molecule has 1 aromatic carbocycles. The Kier molecular flexibility index (Phi) is 6.08. The second-order valence-electron chi connectivity index (χ2n) is 3.16. The highest BCUT2D eigenvalue weighted by Gasteiger charge is 1.99. The van der Waals surface area contributed by atoms with E-state index in [9.17, 15) is 4.79 Å². The van der Waals surface area contributed by atoms with E-state index in [1.165, 1.54) is 6.08 Å². The Balaban J connectivity index is 2.43. The molecule has 1 N–H and O–H groups in total. The minimum absolute atomic E-state index is 0.337. The van der Waals surface area contributed by atoms with Crippen LogP contribution in [0.1, 0.15) is 6.92 Å². The Morgan fingerprint density at radius 1 is 1.59 bits per heavy atom. The zero-order valence-electron chi connectivity index (χ0n) is 9.37. The van der Waals surface area contributed by atoms with Gasteiger partial charge in [0.15, 0.2) is 0 Å². The molecule has 0 aliphatic rings. The molecule has 0 saturated carbocycles. The average Bonchev–Trinajstić information content (AvgIpc) is 2.27. The van der Waals surface area contributed by atoms with Gasteiger partial charge < -0.3 is 10.1 Å². The van der Waals surface area contributed by atoms with Crippen LogP contribution in [0.2, 0.25) is 5.02 Å². The summed E-state index contributed by atoms with van der Waals surface area (Å²) >= 11 is 9.34. The molecule has 17 heavy (non-hydrogen) atoms. The van der Waals surface area contributed by atoms with Gasteiger partial charge in [-0.05, 0) is 25.1 Å². The van der Waals surface area contributed by atoms with Crippen molar-refractivity contribution in [1.29, 1.82) is 0 Å². The van der Waals surface area contributed by atoms with Crippen LogP contribution in [0.3, 0.4) is 0 Å². The highest BCUT2D eigenvalue weighted by atomic mass is 79.9. The standard InChI is InChI=1S/C12H13BrClNO2/c1-2-17-12(16)4-3-7-15-11-6-5-9(13)8-10(11)14/h3-6,8,15H,2,7H2,1H3/b4-3+. The Bertz CT molecular complexity index is 421. The summed E-state index contributed by atoms with van der Waals surface area (Å²) in [7, 11) is 0. The summed E-state index contributed by atoms with van der Waals surface area (Å²) in [6.45, 7) is 2.67. The first-order valence-electron chi connectivity index (χ1n) is 5.15. The fourth-order valence-corrected chi connectivity index (χ4v) is 1.89. The van der Waals surface area contributed by atoms with E-state index in [1.807, 2.05) is 12.1 Å². The molecule has 1 rings (SSSR count). The molecule has 0 aromatic heterocycles. The van der Waals surface area contributed by atoms with Gasteiger partial charge in [-0.1, -0.05) is 33.6 Å². The summed E-state index contributed by atoms with van der Waals surface area (Å²) in [6.07, 6.45) is 3.08. The Morgan fingerprint density at radius 3 is 3.00 bits per heavy atom. The van der Waals surface area contributed by atoms with Gasteiger partial charge in [0.05, 0.1) is 17.3 Å². The van der Waals surface area contributed by atoms with Crippen molar-refractivity contribution in [3.63, 3.8) is 0 Å². The van der Waals surface area contributed by atoms with Gasteiger partial charge in [0.25, 0.3) is 0 Å². The lowest BCUT2D eigenvalue weighted by atomic mass is 10.3. The summed E-state index contributed by atoms with van der Waals surface area (Å²) in [5.41, 5.74) is 0.823. The van der Waals surface area contributed by atoms with Gasteiger partial charge in [0.1, 0.15) is 0 Å². The fourth-order valence-electron chi connectivity index (χ4n) is 1.15. The van der Waals surface area contributed by atoms with Crippen LogP contribution in [0.4, 0.5) is 5.69 Å². The maximum absolute atomic E-state index is 11.0. The minimum atomic E-state index is -0.337. The highest BCUT2D eigenvalue weighted by molar-refractivity contribution is 9.10. The maximum Gasteiger partial charge on any atom is 0.330 e. The van der Waals surface area contributed by atoms with Crippen molar-refractivity contribution in [1.82, 2.24) is 0 Å². The van der Waals surface area contributed by atoms with Crippen molar-refractivity contribution in [2.75, 3.05) is 18.5 Å². The van der Waals surface area contributed by atoms with E-state index in [0.29, 0.717) is 18.2 Å². The number of carbonyl (C=O) groups is 1. The third-order valence-electron chi connectivity index (χ3n) is 1.88. The number of anilines is 1. The predicted octanol–water partition coefficient (Wildman–Crippen LogP) is 3.63. The van der Waals surface area contributed by atoms with Gasteiger partial charge in [-0.3, -0.25) is 0 Å². The average molecular weight is 319 g/mol. The summed E-state index contributed by atoms with van der Waals surface area (Å²) in [4.78, 5) is 11.0. The molecule has 0 amide bonds. The van der Waals surface area contributed by atoms with E-state index in [2.05, 4.69) is 21.2 Å². The quantitative estimate of drug-likeness (QED) is 0.665. The summed E-state index contributed by atoms with van der Waals surface area (Å²) < 4.78 is 5.67. The van der Waals surface area contributed by atoms with Crippen molar-refractivity contribution < 1.29 is 9.53 Å². The molecule has 0 heterocycles. The molecule has 5 heteroatoms. The second-order valence-corrected chi connectivity index (χ2v) is 4.48. The van der Waals surface area contributed by atoms with Crippen molar-refractivity contribution in [2.45, 2.75) is 6.92 Å². The fraction of sp³-hybridized carbons (Fsp3) is 0.250. The van der Waals surface area contributed by atoms with E-state index in [0.717, 1.165) is 10.2 Å². The molecular weight excluding hydrogens is 305 g/mol. The first-order valence-corrected chi connectivity index (χ1v) is 6.32. The van der Waals surface area contributed by atoms with Crippen LogP contribution in [-0.4, -0.2) is 19.1 Å². The normalized spacial score (nSPS) is 10.5. The Morgan fingerprint density at radius 2 is 2.35 bits per heavy atom. The van der Waals surface area contributed by atoms with Crippen LogP contribution in [-0.2, 0) is 9.53 Å². The molecule has 3 nitrogen and oxygen atoms in total. The van der Waals surface area contributed by atoms with Crippen LogP contribution in [0.15, 0.2) is 34.8 Å². The summed E-state index contributed by atoms with van der Waals surface area (Å²) in [6, 6.07) is 5.56. The monoisotopic (exact) mass is 317 g/mol. The largest absolute Gasteiger partial charge is 0.463 e. The second kappa shape index (κ2) is 7.35. The molecule has 1 aromatic rings. The third kappa shape index (κ3) is 5.24. The summed E-state index contributed by atoms with van der Waals surface area (Å²) in [5, 5.41) is 3.72. The third-order valence-corrected chi connectivity index (χ3v) is 2.69. The van der Waals surface area contributed by atoms with Crippen molar-refractivity contribution in [3.05, 3.63) is 39.8 Å². The van der Waals surface area contributed by atoms with E-state index < -0.39 is 0 Å². The van der Waals surface area contributed by atoms with Crippen molar-refractivity contribution >= 4 is 39.2 Å². The minimum Gasteiger partial charge on any atom is -0.463 e.